The summed E-state index contributed by atoms with van der Waals surface area (Å²) in [6.45, 7) is 1.46. The lowest BCUT2D eigenvalue weighted by Gasteiger charge is -2.28. The summed E-state index contributed by atoms with van der Waals surface area (Å²) in [5, 5.41) is 0. The molecule has 3 aromatic carbocycles. The van der Waals surface area contributed by atoms with Crippen molar-refractivity contribution in [2.24, 2.45) is 0 Å². The molecule has 6 nitrogen and oxygen atoms in total. The molecular weight excluding hydrogens is 424 g/mol. The van der Waals surface area contributed by atoms with Crippen LogP contribution in [0.4, 0.5) is 0 Å². The van der Waals surface area contributed by atoms with Crippen molar-refractivity contribution < 1.29 is 17.9 Å². The van der Waals surface area contributed by atoms with Crippen LogP contribution in [0.25, 0.3) is 0 Å². The highest BCUT2D eigenvalue weighted by atomic mass is 32.2. The van der Waals surface area contributed by atoms with Gasteiger partial charge in [0.05, 0.1) is 4.90 Å². The van der Waals surface area contributed by atoms with Crippen LogP contribution in [0, 0.1) is 0 Å². The van der Waals surface area contributed by atoms with Gasteiger partial charge in [-0.1, -0.05) is 54.6 Å². The second-order valence-electron chi connectivity index (χ2n) is 7.84. The van der Waals surface area contributed by atoms with Crippen LogP contribution in [-0.4, -0.2) is 43.7 Å². The Morgan fingerprint density at radius 2 is 1.59 bits per heavy atom. The molecule has 4 rings (SSSR count). The summed E-state index contributed by atoms with van der Waals surface area (Å²) in [6, 6.07) is 23.8. The van der Waals surface area contributed by atoms with Crippen LogP contribution in [0.3, 0.4) is 0 Å². The number of nitrogens with zero attached hydrogens (tertiary/aromatic N) is 2. The van der Waals surface area contributed by atoms with Gasteiger partial charge in [0.25, 0.3) is 5.91 Å². The van der Waals surface area contributed by atoms with Crippen molar-refractivity contribution in [3.63, 3.8) is 0 Å². The second kappa shape index (κ2) is 9.54. The van der Waals surface area contributed by atoms with E-state index in [9.17, 15) is 13.2 Å². The van der Waals surface area contributed by atoms with Gasteiger partial charge in [-0.05, 0) is 47.4 Å². The smallest absolute Gasteiger partial charge is 0.260 e. The van der Waals surface area contributed by atoms with E-state index in [1.807, 2.05) is 48.5 Å². The number of rotatable bonds is 7. The Morgan fingerprint density at radius 3 is 2.31 bits per heavy atom. The van der Waals surface area contributed by atoms with Crippen molar-refractivity contribution in [2.75, 3.05) is 20.2 Å². The predicted molar refractivity (Wildman–Crippen MR) is 123 cm³/mol. The Balaban J connectivity index is 1.34. The SMILES string of the molecule is CN(Cc1ccccc1)S(=O)(=O)c1ccc(OCC(=O)N2CCc3ccccc3C2)cc1. The van der Waals surface area contributed by atoms with E-state index in [0.717, 1.165) is 12.0 Å². The lowest BCUT2D eigenvalue weighted by Crippen LogP contribution is -2.38. The molecule has 0 atom stereocenters. The minimum Gasteiger partial charge on any atom is -0.484 e. The molecule has 1 aliphatic heterocycles. The van der Waals surface area contributed by atoms with Gasteiger partial charge in [0.15, 0.2) is 6.61 Å². The van der Waals surface area contributed by atoms with Gasteiger partial charge in [-0.15, -0.1) is 0 Å². The molecule has 0 aliphatic carbocycles. The summed E-state index contributed by atoms with van der Waals surface area (Å²) in [7, 11) is -2.07. The van der Waals surface area contributed by atoms with Crippen LogP contribution in [0.1, 0.15) is 16.7 Å². The fourth-order valence-electron chi connectivity index (χ4n) is 3.76. The van der Waals surface area contributed by atoms with Gasteiger partial charge in [0.2, 0.25) is 10.0 Å². The highest BCUT2D eigenvalue weighted by Gasteiger charge is 2.22. The Kier molecular flexibility index (Phi) is 6.58. The van der Waals surface area contributed by atoms with E-state index >= 15 is 0 Å². The first-order valence-corrected chi connectivity index (χ1v) is 12.0. The molecule has 0 saturated heterocycles. The van der Waals surface area contributed by atoms with Crippen LogP contribution in [0.15, 0.2) is 83.8 Å². The maximum atomic E-state index is 12.8. The third-order valence-electron chi connectivity index (χ3n) is 5.63. The van der Waals surface area contributed by atoms with E-state index in [1.165, 1.54) is 27.6 Å². The van der Waals surface area contributed by atoms with Gasteiger partial charge in [-0.2, -0.15) is 4.31 Å². The van der Waals surface area contributed by atoms with Gasteiger partial charge in [-0.25, -0.2) is 8.42 Å². The number of sulfonamides is 1. The van der Waals surface area contributed by atoms with Crippen LogP contribution in [0.2, 0.25) is 0 Å². The van der Waals surface area contributed by atoms with E-state index in [1.54, 1.807) is 24.1 Å². The molecule has 7 heteroatoms. The molecule has 0 radical (unpaired) electrons. The fourth-order valence-corrected chi connectivity index (χ4v) is 4.92. The number of carbonyl (C=O) groups is 1. The van der Waals surface area contributed by atoms with Gasteiger partial charge in [0.1, 0.15) is 5.75 Å². The summed E-state index contributed by atoms with van der Waals surface area (Å²) < 4.78 is 32.6. The van der Waals surface area contributed by atoms with E-state index in [2.05, 4.69) is 6.07 Å². The number of ether oxygens (including phenoxy) is 1. The predicted octanol–water partition coefficient (Wildman–Crippen LogP) is 3.47. The van der Waals surface area contributed by atoms with Gasteiger partial charge in [-0.3, -0.25) is 4.79 Å². The topological polar surface area (TPSA) is 66.9 Å². The van der Waals surface area contributed by atoms with E-state index in [0.29, 0.717) is 18.8 Å². The van der Waals surface area contributed by atoms with Gasteiger partial charge in [0, 0.05) is 26.7 Å². The number of hydrogen-bond acceptors (Lipinski definition) is 4. The third kappa shape index (κ3) is 5.00. The zero-order chi connectivity index (χ0) is 22.6. The molecule has 0 N–H and O–H groups in total. The van der Waals surface area contributed by atoms with Gasteiger partial charge >= 0.3 is 0 Å². The Labute approximate surface area is 189 Å². The number of amides is 1. The molecule has 0 aromatic heterocycles. The van der Waals surface area contributed by atoms with Crippen molar-refractivity contribution in [3.05, 3.63) is 95.6 Å². The number of benzene rings is 3. The van der Waals surface area contributed by atoms with Crippen molar-refractivity contribution >= 4 is 15.9 Å². The van der Waals surface area contributed by atoms with E-state index in [4.69, 9.17) is 4.74 Å². The summed E-state index contributed by atoms with van der Waals surface area (Å²) in [5.74, 6) is 0.374. The van der Waals surface area contributed by atoms with E-state index < -0.39 is 10.0 Å². The molecule has 0 spiro atoms. The van der Waals surface area contributed by atoms with Crippen LogP contribution < -0.4 is 4.74 Å². The molecule has 0 saturated carbocycles. The Morgan fingerprint density at radius 1 is 0.938 bits per heavy atom. The molecule has 1 aliphatic rings. The number of fused-ring (bicyclic) bond motifs is 1. The average molecular weight is 451 g/mol. The first-order valence-electron chi connectivity index (χ1n) is 10.5. The molecule has 0 unspecified atom stereocenters. The molecule has 0 bridgehead atoms. The normalized spacial score (nSPS) is 13.6. The van der Waals surface area contributed by atoms with Crippen LogP contribution in [-0.2, 0) is 34.3 Å². The minimum atomic E-state index is -3.63. The van der Waals surface area contributed by atoms with Gasteiger partial charge < -0.3 is 9.64 Å². The average Bonchev–Trinajstić information content (AvgIpc) is 2.83. The fraction of sp³-hybridized carbons (Fsp3) is 0.240. The minimum absolute atomic E-state index is 0.0812. The lowest BCUT2D eigenvalue weighted by atomic mass is 10.00. The summed E-state index contributed by atoms with van der Waals surface area (Å²) in [4.78, 5) is 14.5. The highest BCUT2D eigenvalue weighted by Crippen LogP contribution is 2.21. The molecular formula is C25H26N2O4S. The Hall–Kier alpha value is -3.16. The summed E-state index contributed by atoms with van der Waals surface area (Å²) in [6.07, 6.45) is 0.838. The highest BCUT2D eigenvalue weighted by molar-refractivity contribution is 7.89. The molecule has 0 fully saturated rings. The third-order valence-corrected chi connectivity index (χ3v) is 7.44. The summed E-state index contributed by atoms with van der Waals surface area (Å²) >= 11 is 0. The number of hydrogen-bond donors (Lipinski definition) is 0. The van der Waals surface area contributed by atoms with Crippen molar-refractivity contribution in [1.82, 2.24) is 9.21 Å². The monoisotopic (exact) mass is 450 g/mol. The lowest BCUT2D eigenvalue weighted by molar-refractivity contribution is -0.134. The molecule has 3 aromatic rings. The first-order chi connectivity index (χ1) is 15.4. The number of carbonyl (C=O) groups excluding carboxylic acids is 1. The Bertz CT molecular complexity index is 1180. The quantitative estimate of drug-likeness (QED) is 0.553. The summed E-state index contributed by atoms with van der Waals surface area (Å²) in [5.41, 5.74) is 3.37. The maximum Gasteiger partial charge on any atom is 0.260 e. The largest absolute Gasteiger partial charge is 0.484 e. The molecule has 166 valence electrons. The zero-order valence-electron chi connectivity index (χ0n) is 18.0. The zero-order valence-corrected chi connectivity index (χ0v) is 18.8. The van der Waals surface area contributed by atoms with Crippen molar-refractivity contribution in [1.29, 1.82) is 0 Å². The van der Waals surface area contributed by atoms with Crippen molar-refractivity contribution in [3.8, 4) is 5.75 Å². The first kappa shape index (κ1) is 22.0. The maximum absolute atomic E-state index is 12.8. The second-order valence-corrected chi connectivity index (χ2v) is 9.89. The molecule has 1 amide bonds. The standard InChI is InChI=1S/C25H26N2O4S/c1-26(17-20-7-3-2-4-8-20)32(29,30)24-13-11-23(12-14-24)31-19-25(28)27-16-15-21-9-5-6-10-22(21)18-27/h2-14H,15-19H2,1H3. The van der Waals surface area contributed by atoms with Crippen LogP contribution >= 0.6 is 0 Å². The van der Waals surface area contributed by atoms with Crippen LogP contribution in [0.5, 0.6) is 5.75 Å². The van der Waals surface area contributed by atoms with E-state index in [-0.39, 0.29) is 24.0 Å². The molecule has 1 heterocycles. The molecule has 32 heavy (non-hydrogen) atoms. The van der Waals surface area contributed by atoms with Crippen molar-refractivity contribution in [2.45, 2.75) is 24.4 Å².